The predicted molar refractivity (Wildman–Crippen MR) is 72.6 cm³/mol. The number of hydrogen-bond donors (Lipinski definition) is 1. The molecule has 0 aliphatic heterocycles. The van der Waals surface area contributed by atoms with Crippen LogP contribution in [0.4, 0.5) is 8.78 Å². The highest BCUT2D eigenvalue weighted by molar-refractivity contribution is 6.31. The summed E-state index contributed by atoms with van der Waals surface area (Å²) in [7, 11) is 1.70. The molecule has 2 rings (SSSR count). The summed E-state index contributed by atoms with van der Waals surface area (Å²) in [5, 5.41) is 14.8. The van der Waals surface area contributed by atoms with Crippen LogP contribution in [0.25, 0.3) is 0 Å². The van der Waals surface area contributed by atoms with Gasteiger partial charge in [-0.2, -0.15) is 5.10 Å². The summed E-state index contributed by atoms with van der Waals surface area (Å²) in [4.78, 5) is 0. The topological polar surface area (TPSA) is 38.0 Å². The summed E-state index contributed by atoms with van der Waals surface area (Å²) in [6, 6.07) is 3.73. The number of aryl methyl sites for hydroxylation is 2. The SMILES string of the molecule is CCc1nn(C)c(CC(O)c2cccc(F)c2F)c1Cl. The van der Waals surface area contributed by atoms with Crippen molar-refractivity contribution in [2.75, 3.05) is 0 Å². The summed E-state index contributed by atoms with van der Waals surface area (Å²) in [6.45, 7) is 1.92. The van der Waals surface area contributed by atoms with Crippen molar-refractivity contribution < 1.29 is 13.9 Å². The van der Waals surface area contributed by atoms with Crippen LogP contribution in [0.2, 0.25) is 5.02 Å². The zero-order valence-electron chi connectivity index (χ0n) is 11.2. The molecule has 0 fully saturated rings. The van der Waals surface area contributed by atoms with Gasteiger partial charge >= 0.3 is 0 Å². The van der Waals surface area contributed by atoms with Crippen LogP contribution < -0.4 is 0 Å². The van der Waals surface area contributed by atoms with Crippen molar-refractivity contribution in [1.82, 2.24) is 9.78 Å². The number of nitrogens with zero attached hydrogens (tertiary/aromatic N) is 2. The third-order valence-corrected chi connectivity index (χ3v) is 3.67. The van der Waals surface area contributed by atoms with Crippen LogP contribution in [0.3, 0.4) is 0 Å². The largest absolute Gasteiger partial charge is 0.388 e. The van der Waals surface area contributed by atoms with E-state index in [1.807, 2.05) is 6.92 Å². The molecule has 20 heavy (non-hydrogen) atoms. The third kappa shape index (κ3) is 2.69. The molecule has 2 aromatic rings. The summed E-state index contributed by atoms with van der Waals surface area (Å²) in [5.41, 5.74) is 1.23. The van der Waals surface area contributed by atoms with E-state index >= 15 is 0 Å². The number of rotatable bonds is 4. The molecule has 0 radical (unpaired) electrons. The Bertz CT molecular complexity index is 628. The Morgan fingerprint density at radius 1 is 1.40 bits per heavy atom. The van der Waals surface area contributed by atoms with Gasteiger partial charge in [0.1, 0.15) is 0 Å². The maximum atomic E-state index is 13.6. The summed E-state index contributed by atoms with van der Waals surface area (Å²) in [5.74, 6) is -2.01. The third-order valence-electron chi connectivity index (χ3n) is 3.23. The zero-order valence-corrected chi connectivity index (χ0v) is 12.0. The average molecular weight is 301 g/mol. The molecule has 1 aromatic heterocycles. The molecular formula is C14H15ClF2N2O. The first-order chi connectivity index (χ1) is 9.45. The fourth-order valence-electron chi connectivity index (χ4n) is 2.11. The van der Waals surface area contributed by atoms with E-state index in [-0.39, 0.29) is 12.0 Å². The first kappa shape index (κ1) is 14.9. The van der Waals surface area contributed by atoms with Gasteiger partial charge in [-0.25, -0.2) is 8.78 Å². The molecule has 1 aromatic carbocycles. The van der Waals surface area contributed by atoms with Crippen LogP contribution >= 0.6 is 11.6 Å². The van der Waals surface area contributed by atoms with Crippen molar-refractivity contribution in [2.24, 2.45) is 7.05 Å². The lowest BCUT2D eigenvalue weighted by Crippen LogP contribution is -2.09. The van der Waals surface area contributed by atoms with Crippen LogP contribution in [0.1, 0.15) is 30.0 Å². The second kappa shape index (κ2) is 5.89. The average Bonchev–Trinajstić information content (AvgIpc) is 2.69. The van der Waals surface area contributed by atoms with Gasteiger partial charge in [-0.15, -0.1) is 0 Å². The van der Waals surface area contributed by atoms with E-state index in [4.69, 9.17) is 11.6 Å². The van der Waals surface area contributed by atoms with Gasteiger partial charge in [0.05, 0.1) is 22.5 Å². The maximum absolute atomic E-state index is 13.6. The minimum absolute atomic E-state index is 0.0721. The van der Waals surface area contributed by atoms with E-state index < -0.39 is 17.7 Å². The van der Waals surface area contributed by atoms with Crippen LogP contribution in [0, 0.1) is 11.6 Å². The number of aromatic nitrogens is 2. The van der Waals surface area contributed by atoms with Gasteiger partial charge in [-0.1, -0.05) is 30.7 Å². The first-order valence-corrected chi connectivity index (χ1v) is 6.65. The summed E-state index contributed by atoms with van der Waals surface area (Å²) >= 11 is 6.17. The monoisotopic (exact) mass is 300 g/mol. The Morgan fingerprint density at radius 2 is 2.10 bits per heavy atom. The van der Waals surface area contributed by atoms with Crippen molar-refractivity contribution in [2.45, 2.75) is 25.9 Å². The predicted octanol–water partition coefficient (Wildman–Crippen LogP) is 3.19. The number of benzene rings is 1. The molecule has 0 bridgehead atoms. The van der Waals surface area contributed by atoms with Gasteiger partial charge < -0.3 is 5.11 Å². The van der Waals surface area contributed by atoms with Crippen LogP contribution in [-0.2, 0) is 19.9 Å². The molecule has 1 N–H and O–H groups in total. The Morgan fingerprint density at radius 3 is 2.70 bits per heavy atom. The van der Waals surface area contributed by atoms with E-state index in [0.29, 0.717) is 17.1 Å². The Labute approximate surface area is 120 Å². The molecule has 1 unspecified atom stereocenters. The van der Waals surface area contributed by atoms with Crippen molar-refractivity contribution in [1.29, 1.82) is 0 Å². The Hall–Kier alpha value is -1.46. The standard InChI is InChI=1S/C14H15ClF2N2O/c1-3-10-13(15)11(19(2)18-10)7-12(20)8-5-4-6-9(16)14(8)17/h4-6,12,20H,3,7H2,1-2H3. The first-order valence-electron chi connectivity index (χ1n) is 6.27. The van der Waals surface area contributed by atoms with Gasteiger partial charge in [0, 0.05) is 19.0 Å². The summed E-state index contributed by atoms with van der Waals surface area (Å²) in [6.07, 6.45) is -0.442. The molecule has 1 atom stereocenters. The summed E-state index contributed by atoms with van der Waals surface area (Å²) < 4.78 is 28.4. The fraction of sp³-hybridized carbons (Fsp3) is 0.357. The highest BCUT2D eigenvalue weighted by atomic mass is 35.5. The van der Waals surface area contributed by atoms with Gasteiger partial charge in [0.2, 0.25) is 0 Å². The molecule has 0 aliphatic rings. The van der Waals surface area contributed by atoms with E-state index in [1.165, 1.54) is 12.1 Å². The molecule has 0 amide bonds. The van der Waals surface area contributed by atoms with Crippen LogP contribution in [0.15, 0.2) is 18.2 Å². The highest BCUT2D eigenvalue weighted by Crippen LogP contribution is 2.27. The molecule has 6 heteroatoms. The van der Waals surface area contributed by atoms with Crippen molar-refractivity contribution >= 4 is 11.6 Å². The second-order valence-corrected chi connectivity index (χ2v) is 4.93. The van der Waals surface area contributed by atoms with E-state index in [0.717, 1.165) is 11.8 Å². The lowest BCUT2D eigenvalue weighted by Gasteiger charge is -2.12. The number of aliphatic hydroxyl groups is 1. The van der Waals surface area contributed by atoms with E-state index in [9.17, 15) is 13.9 Å². The van der Waals surface area contributed by atoms with Crippen LogP contribution in [-0.4, -0.2) is 14.9 Å². The normalized spacial score (nSPS) is 12.7. The lowest BCUT2D eigenvalue weighted by molar-refractivity contribution is 0.170. The highest BCUT2D eigenvalue weighted by Gasteiger charge is 2.21. The minimum atomic E-state index is -1.18. The van der Waals surface area contributed by atoms with Crippen molar-refractivity contribution in [3.05, 3.63) is 51.8 Å². The molecule has 0 aliphatic carbocycles. The van der Waals surface area contributed by atoms with Gasteiger partial charge in [-0.05, 0) is 12.5 Å². The molecule has 1 heterocycles. The molecular weight excluding hydrogens is 286 g/mol. The van der Waals surface area contributed by atoms with Gasteiger partial charge in [0.25, 0.3) is 0 Å². The van der Waals surface area contributed by atoms with E-state index in [2.05, 4.69) is 5.10 Å². The molecule has 0 spiro atoms. The quantitative estimate of drug-likeness (QED) is 0.941. The zero-order chi connectivity index (χ0) is 14.9. The number of hydrogen-bond acceptors (Lipinski definition) is 2. The minimum Gasteiger partial charge on any atom is -0.388 e. The van der Waals surface area contributed by atoms with Crippen molar-refractivity contribution in [3.8, 4) is 0 Å². The molecule has 3 nitrogen and oxygen atoms in total. The van der Waals surface area contributed by atoms with Crippen molar-refractivity contribution in [3.63, 3.8) is 0 Å². The molecule has 0 saturated carbocycles. The lowest BCUT2D eigenvalue weighted by atomic mass is 10.0. The molecule has 0 saturated heterocycles. The second-order valence-electron chi connectivity index (χ2n) is 4.55. The number of halogens is 3. The van der Waals surface area contributed by atoms with Gasteiger partial charge in [0.15, 0.2) is 11.6 Å². The van der Waals surface area contributed by atoms with E-state index in [1.54, 1.807) is 11.7 Å². The maximum Gasteiger partial charge on any atom is 0.164 e. The Balaban J connectivity index is 2.30. The smallest absolute Gasteiger partial charge is 0.164 e. The Kier molecular flexibility index (Phi) is 4.40. The fourth-order valence-corrected chi connectivity index (χ4v) is 2.48. The number of aliphatic hydroxyl groups excluding tert-OH is 1. The molecule has 108 valence electrons. The van der Waals surface area contributed by atoms with Crippen LogP contribution in [0.5, 0.6) is 0 Å². The van der Waals surface area contributed by atoms with Gasteiger partial charge in [-0.3, -0.25) is 4.68 Å².